The van der Waals surface area contributed by atoms with E-state index < -0.39 is 0 Å². The zero-order valence-electron chi connectivity index (χ0n) is 7.29. The van der Waals surface area contributed by atoms with Crippen molar-refractivity contribution in [2.24, 2.45) is 5.73 Å². The van der Waals surface area contributed by atoms with E-state index in [-0.39, 0.29) is 12.0 Å². The lowest BCUT2D eigenvalue weighted by atomic mass is 10.2. The van der Waals surface area contributed by atoms with Crippen LogP contribution in [0.2, 0.25) is 0 Å². The lowest BCUT2D eigenvalue weighted by molar-refractivity contribution is 0.539. The predicted octanol–water partition coefficient (Wildman–Crippen LogP) is 2.01. The standard InChI is InChI=1S/C10H8BrNO2/c11-6-1-2-8-9(13)4-7(5-12)14-10(8)3-6/h1-4H,5,12H2. The van der Waals surface area contributed by atoms with E-state index in [0.717, 1.165) is 4.47 Å². The third-order valence-corrected chi connectivity index (χ3v) is 2.44. The van der Waals surface area contributed by atoms with Gasteiger partial charge < -0.3 is 10.2 Å². The maximum atomic E-state index is 11.5. The van der Waals surface area contributed by atoms with Crippen molar-refractivity contribution in [1.82, 2.24) is 0 Å². The highest BCUT2D eigenvalue weighted by Gasteiger charge is 2.03. The van der Waals surface area contributed by atoms with Gasteiger partial charge in [0.1, 0.15) is 11.3 Å². The minimum absolute atomic E-state index is 0.0563. The monoisotopic (exact) mass is 253 g/mol. The summed E-state index contributed by atoms with van der Waals surface area (Å²) in [5, 5.41) is 0.574. The Morgan fingerprint density at radius 1 is 1.36 bits per heavy atom. The lowest BCUT2D eigenvalue weighted by Crippen LogP contribution is -2.05. The van der Waals surface area contributed by atoms with Crippen molar-refractivity contribution in [2.75, 3.05) is 0 Å². The molecular weight excluding hydrogens is 246 g/mol. The first-order valence-electron chi connectivity index (χ1n) is 4.13. The molecule has 0 aliphatic carbocycles. The van der Waals surface area contributed by atoms with E-state index in [9.17, 15) is 4.79 Å². The van der Waals surface area contributed by atoms with E-state index in [1.807, 2.05) is 0 Å². The first-order chi connectivity index (χ1) is 6.70. The first kappa shape index (κ1) is 9.43. The maximum Gasteiger partial charge on any atom is 0.192 e. The second-order valence-corrected chi connectivity index (χ2v) is 3.84. The van der Waals surface area contributed by atoms with Gasteiger partial charge in [-0.3, -0.25) is 4.79 Å². The van der Waals surface area contributed by atoms with Crippen LogP contribution in [0.1, 0.15) is 5.76 Å². The molecule has 0 amide bonds. The van der Waals surface area contributed by atoms with Crippen molar-refractivity contribution in [3.63, 3.8) is 0 Å². The zero-order valence-corrected chi connectivity index (χ0v) is 8.87. The summed E-state index contributed by atoms with van der Waals surface area (Å²) in [5.41, 5.74) is 5.91. The molecule has 0 aliphatic rings. The van der Waals surface area contributed by atoms with Crippen LogP contribution in [0.15, 0.2) is 37.9 Å². The SMILES string of the molecule is NCc1cc(=O)c2ccc(Br)cc2o1. The van der Waals surface area contributed by atoms with Crippen molar-refractivity contribution in [3.8, 4) is 0 Å². The number of hydrogen-bond acceptors (Lipinski definition) is 3. The summed E-state index contributed by atoms with van der Waals surface area (Å²) < 4.78 is 6.29. The number of nitrogens with two attached hydrogens (primary N) is 1. The second-order valence-electron chi connectivity index (χ2n) is 2.92. The van der Waals surface area contributed by atoms with Crippen LogP contribution in [0.5, 0.6) is 0 Å². The molecule has 0 radical (unpaired) electrons. The fraction of sp³-hybridized carbons (Fsp3) is 0.100. The van der Waals surface area contributed by atoms with Crippen molar-refractivity contribution in [3.05, 3.63) is 44.7 Å². The molecule has 0 fully saturated rings. The topological polar surface area (TPSA) is 56.2 Å². The van der Waals surface area contributed by atoms with Crippen LogP contribution in [0.4, 0.5) is 0 Å². The van der Waals surface area contributed by atoms with Crippen LogP contribution in [0.25, 0.3) is 11.0 Å². The van der Waals surface area contributed by atoms with Gasteiger partial charge in [0.15, 0.2) is 5.43 Å². The number of fused-ring (bicyclic) bond motifs is 1. The van der Waals surface area contributed by atoms with E-state index in [4.69, 9.17) is 10.2 Å². The summed E-state index contributed by atoms with van der Waals surface area (Å²) >= 11 is 3.31. The average Bonchev–Trinajstić information content (AvgIpc) is 2.16. The first-order valence-corrected chi connectivity index (χ1v) is 4.92. The van der Waals surface area contributed by atoms with Crippen LogP contribution in [0.3, 0.4) is 0 Å². The molecule has 1 aromatic carbocycles. The van der Waals surface area contributed by atoms with E-state index in [0.29, 0.717) is 16.7 Å². The largest absolute Gasteiger partial charge is 0.459 e. The Hall–Kier alpha value is -1.13. The quantitative estimate of drug-likeness (QED) is 0.846. The van der Waals surface area contributed by atoms with Crippen LogP contribution >= 0.6 is 15.9 Å². The van der Waals surface area contributed by atoms with Gasteiger partial charge in [-0.1, -0.05) is 15.9 Å². The van der Waals surface area contributed by atoms with Crippen molar-refractivity contribution in [2.45, 2.75) is 6.54 Å². The fourth-order valence-corrected chi connectivity index (χ4v) is 1.62. The molecule has 4 heteroatoms. The van der Waals surface area contributed by atoms with E-state index in [1.54, 1.807) is 18.2 Å². The molecule has 0 atom stereocenters. The third-order valence-electron chi connectivity index (χ3n) is 1.94. The Balaban J connectivity index is 2.84. The molecule has 3 nitrogen and oxygen atoms in total. The molecule has 2 aromatic rings. The molecule has 72 valence electrons. The summed E-state index contributed by atoms with van der Waals surface area (Å²) in [6, 6.07) is 6.72. The number of halogens is 1. The van der Waals surface area contributed by atoms with Gasteiger partial charge in [-0.15, -0.1) is 0 Å². The Morgan fingerprint density at radius 3 is 2.86 bits per heavy atom. The molecule has 0 spiro atoms. The lowest BCUT2D eigenvalue weighted by Gasteiger charge is -2.00. The molecule has 0 bridgehead atoms. The molecule has 1 aromatic heterocycles. The summed E-state index contributed by atoms with van der Waals surface area (Å²) in [6.07, 6.45) is 0. The zero-order chi connectivity index (χ0) is 10.1. The molecule has 2 rings (SSSR count). The summed E-state index contributed by atoms with van der Waals surface area (Å²) in [5.74, 6) is 0.501. The Kier molecular flexibility index (Phi) is 2.39. The summed E-state index contributed by atoms with van der Waals surface area (Å²) in [4.78, 5) is 11.5. The molecule has 2 N–H and O–H groups in total. The molecular formula is C10H8BrNO2. The van der Waals surface area contributed by atoms with Gasteiger partial charge in [-0.25, -0.2) is 0 Å². The third kappa shape index (κ3) is 1.58. The normalized spacial score (nSPS) is 10.7. The highest BCUT2D eigenvalue weighted by molar-refractivity contribution is 9.10. The van der Waals surface area contributed by atoms with Gasteiger partial charge in [-0.05, 0) is 18.2 Å². The molecule has 0 aliphatic heterocycles. The minimum atomic E-state index is -0.0563. The van der Waals surface area contributed by atoms with Crippen molar-refractivity contribution in [1.29, 1.82) is 0 Å². The average molecular weight is 254 g/mol. The van der Waals surface area contributed by atoms with Gasteiger partial charge in [-0.2, -0.15) is 0 Å². The van der Waals surface area contributed by atoms with E-state index in [1.165, 1.54) is 6.07 Å². The number of rotatable bonds is 1. The van der Waals surface area contributed by atoms with Gasteiger partial charge in [0, 0.05) is 10.5 Å². The van der Waals surface area contributed by atoms with Gasteiger partial charge >= 0.3 is 0 Å². The van der Waals surface area contributed by atoms with Crippen LogP contribution < -0.4 is 11.2 Å². The van der Waals surface area contributed by atoms with Crippen molar-refractivity contribution >= 4 is 26.9 Å². The molecule has 14 heavy (non-hydrogen) atoms. The minimum Gasteiger partial charge on any atom is -0.459 e. The van der Waals surface area contributed by atoms with E-state index in [2.05, 4.69) is 15.9 Å². The highest BCUT2D eigenvalue weighted by atomic mass is 79.9. The Bertz CT molecular complexity index is 533. The molecule has 0 unspecified atom stereocenters. The van der Waals surface area contributed by atoms with E-state index >= 15 is 0 Å². The smallest absolute Gasteiger partial charge is 0.192 e. The van der Waals surface area contributed by atoms with Gasteiger partial charge in [0.25, 0.3) is 0 Å². The molecule has 0 saturated carbocycles. The van der Waals surface area contributed by atoms with Crippen LogP contribution in [-0.4, -0.2) is 0 Å². The maximum absolute atomic E-state index is 11.5. The van der Waals surface area contributed by atoms with Crippen molar-refractivity contribution < 1.29 is 4.42 Å². The number of benzene rings is 1. The van der Waals surface area contributed by atoms with Gasteiger partial charge in [0.05, 0.1) is 11.9 Å². The van der Waals surface area contributed by atoms with Crippen LogP contribution in [0, 0.1) is 0 Å². The van der Waals surface area contributed by atoms with Crippen LogP contribution in [-0.2, 0) is 6.54 Å². The summed E-state index contributed by atoms with van der Waals surface area (Å²) in [7, 11) is 0. The molecule has 1 heterocycles. The Morgan fingerprint density at radius 2 is 2.14 bits per heavy atom. The Labute approximate surface area is 88.7 Å². The summed E-state index contributed by atoms with van der Waals surface area (Å²) in [6.45, 7) is 0.234. The predicted molar refractivity (Wildman–Crippen MR) is 58.1 cm³/mol. The second kappa shape index (κ2) is 3.55. The number of hydrogen-bond donors (Lipinski definition) is 1. The van der Waals surface area contributed by atoms with Gasteiger partial charge in [0.2, 0.25) is 0 Å². The highest BCUT2D eigenvalue weighted by Crippen LogP contribution is 2.18. The fourth-order valence-electron chi connectivity index (χ4n) is 1.28. The molecule has 0 saturated heterocycles.